The number of nitrogens with one attached hydrogen (secondary N) is 1. The van der Waals surface area contributed by atoms with E-state index in [0.717, 1.165) is 38.3 Å². The quantitative estimate of drug-likeness (QED) is 0.530. The van der Waals surface area contributed by atoms with Gasteiger partial charge < -0.3 is 5.73 Å². The topological polar surface area (TPSA) is 93.8 Å². The Bertz CT molecular complexity index is 1160. The molecule has 0 radical (unpaired) electrons. The van der Waals surface area contributed by atoms with Gasteiger partial charge in [0.15, 0.2) is 5.13 Å². The zero-order valence-corrected chi connectivity index (χ0v) is 16.7. The summed E-state index contributed by atoms with van der Waals surface area (Å²) in [6, 6.07) is 3.76. The smallest absolute Gasteiger partial charge is 0.269 e. The van der Waals surface area contributed by atoms with E-state index in [4.69, 9.17) is 5.73 Å². The van der Waals surface area contributed by atoms with Crippen molar-refractivity contribution >= 4 is 49.6 Å². The van der Waals surface area contributed by atoms with E-state index in [-0.39, 0.29) is 5.91 Å². The summed E-state index contributed by atoms with van der Waals surface area (Å²) in [5, 5.41) is 6.15. The summed E-state index contributed by atoms with van der Waals surface area (Å²) < 4.78 is 0. The van der Waals surface area contributed by atoms with E-state index < -0.39 is 0 Å². The van der Waals surface area contributed by atoms with Crippen molar-refractivity contribution < 1.29 is 4.79 Å². The van der Waals surface area contributed by atoms with Gasteiger partial charge in [0, 0.05) is 34.4 Å². The van der Waals surface area contributed by atoms with Crippen LogP contribution in [0.15, 0.2) is 29.9 Å². The maximum atomic E-state index is 12.8. The average molecular weight is 396 g/mol. The molecule has 0 aromatic carbocycles. The van der Waals surface area contributed by atoms with E-state index in [1.807, 2.05) is 38.3 Å². The molecule has 4 rings (SSSR count). The second-order valence-corrected chi connectivity index (χ2v) is 8.06. The fraction of sp³-hybridized carbons (Fsp3) is 0.158. The lowest BCUT2D eigenvalue weighted by molar-refractivity contribution is 0.103. The molecular weight excluding hydrogens is 378 g/mol. The summed E-state index contributed by atoms with van der Waals surface area (Å²) in [4.78, 5) is 27.1. The number of anilines is 2. The normalized spacial score (nSPS) is 11.1. The van der Waals surface area contributed by atoms with Crippen LogP contribution in [0.5, 0.6) is 0 Å². The summed E-state index contributed by atoms with van der Waals surface area (Å²) in [5.74, 6) is -0.263. The Hall–Kier alpha value is -2.84. The number of carbonyl (C=O) groups is 1. The predicted molar refractivity (Wildman–Crippen MR) is 112 cm³/mol. The summed E-state index contributed by atoms with van der Waals surface area (Å²) in [6.45, 7) is 6.00. The molecule has 0 aliphatic carbocycles. The molecule has 0 spiro atoms. The number of carbonyl (C=O) groups excluding carboxylic acids is 1. The van der Waals surface area contributed by atoms with Crippen LogP contribution in [0.2, 0.25) is 0 Å². The van der Waals surface area contributed by atoms with Crippen molar-refractivity contribution in [1.29, 1.82) is 0 Å². The van der Waals surface area contributed by atoms with Gasteiger partial charge >= 0.3 is 0 Å². The van der Waals surface area contributed by atoms with Crippen molar-refractivity contribution in [2.24, 2.45) is 0 Å². The van der Waals surface area contributed by atoms with Crippen LogP contribution in [0.1, 0.15) is 26.5 Å². The number of hydrogen-bond donors (Lipinski definition) is 2. The molecular formula is C19H17N5OS2. The van der Waals surface area contributed by atoms with Gasteiger partial charge in [-0.25, -0.2) is 9.97 Å². The van der Waals surface area contributed by atoms with E-state index in [1.165, 1.54) is 22.7 Å². The monoisotopic (exact) mass is 395 g/mol. The summed E-state index contributed by atoms with van der Waals surface area (Å²) in [7, 11) is 0. The number of aryl methyl sites for hydroxylation is 2. The largest absolute Gasteiger partial charge is 0.397 e. The van der Waals surface area contributed by atoms with E-state index >= 15 is 0 Å². The fourth-order valence-electron chi connectivity index (χ4n) is 2.88. The van der Waals surface area contributed by atoms with E-state index in [1.54, 1.807) is 12.4 Å². The third-order valence-electron chi connectivity index (χ3n) is 4.58. The standard InChI is InChI=1S/C19H17N5OS2/c1-9-10(2)14-15(20)16(27-18(14)22-11(9)3)17(25)24-19-23-13(8-26-19)12-4-6-21-7-5-12/h4-8H,20H2,1-3H3,(H,23,24,25). The van der Waals surface area contributed by atoms with Gasteiger partial charge in [-0.2, -0.15) is 0 Å². The van der Waals surface area contributed by atoms with E-state index in [2.05, 4.69) is 20.3 Å². The van der Waals surface area contributed by atoms with Crippen LogP contribution < -0.4 is 11.1 Å². The van der Waals surface area contributed by atoms with Gasteiger partial charge in [0.2, 0.25) is 0 Å². The number of nitrogen functional groups attached to an aromatic ring is 1. The highest BCUT2D eigenvalue weighted by Gasteiger charge is 2.21. The maximum Gasteiger partial charge on any atom is 0.269 e. The van der Waals surface area contributed by atoms with Crippen LogP contribution in [0.25, 0.3) is 21.5 Å². The Labute approximate surface area is 164 Å². The zero-order chi connectivity index (χ0) is 19.1. The maximum absolute atomic E-state index is 12.8. The molecule has 4 aromatic rings. The summed E-state index contributed by atoms with van der Waals surface area (Å²) >= 11 is 2.68. The lowest BCUT2D eigenvalue weighted by Crippen LogP contribution is -2.11. The molecule has 3 N–H and O–H groups in total. The predicted octanol–water partition coefficient (Wildman–Crippen LogP) is 4.57. The first-order chi connectivity index (χ1) is 13.0. The van der Waals surface area contributed by atoms with E-state index in [0.29, 0.717) is 15.7 Å². The number of amides is 1. The van der Waals surface area contributed by atoms with Gasteiger partial charge in [-0.15, -0.1) is 22.7 Å². The molecule has 0 aliphatic rings. The van der Waals surface area contributed by atoms with Crippen molar-refractivity contribution in [1.82, 2.24) is 15.0 Å². The Morgan fingerprint density at radius 1 is 1.11 bits per heavy atom. The average Bonchev–Trinajstić information content (AvgIpc) is 3.25. The lowest BCUT2D eigenvalue weighted by atomic mass is 10.1. The molecule has 1 amide bonds. The van der Waals surface area contributed by atoms with Crippen LogP contribution >= 0.6 is 22.7 Å². The molecule has 0 atom stereocenters. The van der Waals surface area contributed by atoms with Crippen molar-refractivity contribution in [3.8, 4) is 11.3 Å². The molecule has 0 saturated carbocycles. The Kier molecular flexibility index (Phi) is 4.37. The molecule has 6 nitrogen and oxygen atoms in total. The molecule has 0 bridgehead atoms. The van der Waals surface area contributed by atoms with Crippen molar-refractivity contribution in [3.05, 3.63) is 51.6 Å². The highest BCUT2D eigenvalue weighted by molar-refractivity contribution is 7.21. The zero-order valence-electron chi connectivity index (χ0n) is 15.0. The molecule has 27 heavy (non-hydrogen) atoms. The van der Waals surface area contributed by atoms with E-state index in [9.17, 15) is 4.79 Å². The Morgan fingerprint density at radius 3 is 2.59 bits per heavy atom. The highest BCUT2D eigenvalue weighted by atomic mass is 32.1. The number of aromatic nitrogens is 3. The number of thiazole rings is 1. The van der Waals surface area contributed by atoms with Crippen molar-refractivity contribution in [3.63, 3.8) is 0 Å². The third kappa shape index (κ3) is 3.07. The minimum Gasteiger partial charge on any atom is -0.397 e. The molecule has 0 fully saturated rings. The van der Waals surface area contributed by atoms with Gasteiger partial charge in [0.25, 0.3) is 5.91 Å². The van der Waals surface area contributed by atoms with Gasteiger partial charge in [-0.3, -0.25) is 15.1 Å². The van der Waals surface area contributed by atoms with Crippen LogP contribution in [0.3, 0.4) is 0 Å². The molecule has 4 aromatic heterocycles. The molecule has 0 aliphatic heterocycles. The first kappa shape index (κ1) is 17.6. The summed E-state index contributed by atoms with van der Waals surface area (Å²) in [6.07, 6.45) is 3.42. The van der Waals surface area contributed by atoms with Crippen LogP contribution in [0.4, 0.5) is 10.8 Å². The number of nitrogens with two attached hydrogens (primary N) is 1. The first-order valence-corrected chi connectivity index (χ1v) is 9.98. The molecule has 4 heterocycles. The summed E-state index contributed by atoms with van der Waals surface area (Å²) in [5.41, 5.74) is 11.6. The van der Waals surface area contributed by atoms with Crippen molar-refractivity contribution in [2.45, 2.75) is 20.8 Å². The number of nitrogens with zero attached hydrogens (tertiary/aromatic N) is 3. The molecule has 0 saturated heterocycles. The second kappa shape index (κ2) is 6.71. The third-order valence-corrected chi connectivity index (χ3v) is 6.44. The fourth-order valence-corrected chi connectivity index (χ4v) is 4.69. The van der Waals surface area contributed by atoms with Crippen LogP contribution in [-0.2, 0) is 0 Å². The number of rotatable bonds is 3. The van der Waals surface area contributed by atoms with Gasteiger partial charge in [-0.1, -0.05) is 0 Å². The van der Waals surface area contributed by atoms with Gasteiger partial charge in [-0.05, 0) is 44.0 Å². The first-order valence-electron chi connectivity index (χ1n) is 8.28. The van der Waals surface area contributed by atoms with Crippen LogP contribution in [-0.4, -0.2) is 20.9 Å². The number of pyridine rings is 2. The Balaban J connectivity index is 1.65. The van der Waals surface area contributed by atoms with Crippen LogP contribution in [0, 0.1) is 20.8 Å². The molecule has 0 unspecified atom stereocenters. The highest BCUT2D eigenvalue weighted by Crippen LogP contribution is 2.37. The van der Waals surface area contributed by atoms with Gasteiger partial charge in [0.05, 0.1) is 11.4 Å². The molecule has 136 valence electrons. The Morgan fingerprint density at radius 2 is 1.85 bits per heavy atom. The number of hydrogen-bond acceptors (Lipinski definition) is 7. The lowest BCUT2D eigenvalue weighted by Gasteiger charge is -2.05. The van der Waals surface area contributed by atoms with Gasteiger partial charge in [0.1, 0.15) is 9.71 Å². The minimum absolute atomic E-state index is 0.263. The molecule has 8 heteroatoms. The number of thiophene rings is 1. The minimum atomic E-state index is -0.263. The van der Waals surface area contributed by atoms with Crippen molar-refractivity contribution in [2.75, 3.05) is 11.1 Å². The number of fused-ring (bicyclic) bond motifs is 1. The second-order valence-electron chi connectivity index (χ2n) is 6.20. The SMILES string of the molecule is Cc1nc2sc(C(=O)Nc3nc(-c4ccncc4)cs3)c(N)c2c(C)c1C.